The van der Waals surface area contributed by atoms with E-state index in [2.05, 4.69) is 15.9 Å². The van der Waals surface area contributed by atoms with Crippen LogP contribution in [-0.4, -0.2) is 27.8 Å². The van der Waals surface area contributed by atoms with Gasteiger partial charge in [0.2, 0.25) is 6.29 Å². The van der Waals surface area contributed by atoms with Crippen molar-refractivity contribution >= 4 is 22.5 Å². The van der Waals surface area contributed by atoms with Crippen LogP contribution in [0.2, 0.25) is 5.15 Å². The highest BCUT2D eigenvalue weighted by molar-refractivity contribution is 6.34. The molecule has 2 aromatic carbocycles. The van der Waals surface area contributed by atoms with Crippen LogP contribution < -0.4 is 0 Å². The fourth-order valence-electron chi connectivity index (χ4n) is 3.03. The third-order valence-electron chi connectivity index (χ3n) is 4.56. The lowest BCUT2D eigenvalue weighted by Gasteiger charge is -2.22. The number of nitrogens with zero attached hydrogens (tertiary/aromatic N) is 3. The second-order valence-corrected chi connectivity index (χ2v) is 6.68. The lowest BCUT2D eigenvalue weighted by atomic mass is 10.0. The van der Waals surface area contributed by atoms with Gasteiger partial charge in [0.05, 0.1) is 23.7 Å². The van der Waals surface area contributed by atoms with Crippen molar-refractivity contribution in [3.8, 4) is 6.07 Å². The summed E-state index contributed by atoms with van der Waals surface area (Å²) in [4.78, 5) is 0. The molecular formula is C20H18ClF2N3O2. The first kappa shape index (κ1) is 20.2. The number of nitriles is 1. The molecule has 1 N–H and O–H groups in total. The Morgan fingerprint density at radius 3 is 2.79 bits per heavy atom. The van der Waals surface area contributed by atoms with E-state index >= 15 is 0 Å². The molecule has 0 radical (unpaired) electrons. The van der Waals surface area contributed by atoms with Gasteiger partial charge in [0.15, 0.2) is 5.15 Å². The van der Waals surface area contributed by atoms with Gasteiger partial charge in [-0.05, 0) is 43.2 Å². The molecule has 28 heavy (non-hydrogen) atoms. The van der Waals surface area contributed by atoms with Crippen LogP contribution in [0.4, 0.5) is 8.78 Å². The molecule has 0 spiro atoms. The number of benzene rings is 2. The minimum absolute atomic E-state index is 0.0486. The van der Waals surface area contributed by atoms with Gasteiger partial charge >= 0.3 is 5.92 Å². The zero-order valence-corrected chi connectivity index (χ0v) is 16.0. The van der Waals surface area contributed by atoms with E-state index < -0.39 is 17.8 Å². The highest BCUT2D eigenvalue weighted by Crippen LogP contribution is 2.35. The number of aliphatic hydroxyl groups excluding tert-OH is 1. The van der Waals surface area contributed by atoms with E-state index in [1.165, 1.54) is 29.8 Å². The number of rotatable bonds is 6. The van der Waals surface area contributed by atoms with Crippen LogP contribution >= 0.6 is 11.6 Å². The lowest BCUT2D eigenvalue weighted by molar-refractivity contribution is -0.238. The van der Waals surface area contributed by atoms with E-state index in [-0.39, 0.29) is 18.3 Å². The van der Waals surface area contributed by atoms with E-state index in [9.17, 15) is 19.1 Å². The van der Waals surface area contributed by atoms with E-state index in [0.29, 0.717) is 16.5 Å². The molecule has 0 saturated carbocycles. The normalized spacial score (nSPS) is 12.9. The molecule has 146 valence electrons. The molecule has 8 heteroatoms. The van der Waals surface area contributed by atoms with E-state index in [1.807, 2.05) is 13.0 Å². The first-order valence-electron chi connectivity index (χ1n) is 8.62. The molecule has 0 aliphatic rings. The lowest BCUT2D eigenvalue weighted by Crippen LogP contribution is -2.33. The summed E-state index contributed by atoms with van der Waals surface area (Å²) < 4.78 is 35.2. The highest BCUT2D eigenvalue weighted by Gasteiger charge is 2.41. The summed E-state index contributed by atoms with van der Waals surface area (Å²) in [5.41, 5.74) is 2.06. The van der Waals surface area contributed by atoms with Crippen LogP contribution in [0.3, 0.4) is 0 Å². The van der Waals surface area contributed by atoms with Crippen LogP contribution in [0.1, 0.15) is 29.2 Å². The van der Waals surface area contributed by atoms with Crippen molar-refractivity contribution in [1.29, 1.82) is 5.26 Å². The van der Waals surface area contributed by atoms with Crippen molar-refractivity contribution in [3.63, 3.8) is 0 Å². The fraction of sp³-hybridized carbons (Fsp3) is 0.300. The molecule has 1 unspecified atom stereocenters. The first-order chi connectivity index (χ1) is 13.3. The van der Waals surface area contributed by atoms with E-state index in [0.717, 1.165) is 11.1 Å². The second kappa shape index (κ2) is 7.84. The van der Waals surface area contributed by atoms with Crippen molar-refractivity contribution in [3.05, 3.63) is 63.8 Å². The number of halogens is 3. The monoisotopic (exact) mass is 405 g/mol. The maximum absolute atomic E-state index is 14.5. The molecule has 0 saturated heterocycles. The summed E-state index contributed by atoms with van der Waals surface area (Å²) in [6, 6.07) is 11.3. The van der Waals surface area contributed by atoms with E-state index in [4.69, 9.17) is 11.6 Å². The minimum atomic E-state index is -3.60. The van der Waals surface area contributed by atoms with Crippen LogP contribution in [0, 0.1) is 18.3 Å². The Hall–Kier alpha value is -2.53. The Labute approximate surface area is 165 Å². The maximum atomic E-state index is 14.5. The number of aryl methyl sites for hydroxylation is 1. The largest absolute Gasteiger partial charge is 0.363 e. The topological polar surface area (TPSA) is 71.1 Å². The van der Waals surface area contributed by atoms with Crippen molar-refractivity contribution in [1.82, 2.24) is 9.78 Å². The van der Waals surface area contributed by atoms with Crippen LogP contribution in [-0.2, 0) is 17.2 Å². The molecular weight excluding hydrogens is 388 g/mol. The molecule has 1 aromatic heterocycles. The molecule has 3 aromatic rings. The van der Waals surface area contributed by atoms with Gasteiger partial charge in [-0.1, -0.05) is 29.8 Å². The average Bonchev–Trinajstić information content (AvgIpc) is 2.98. The summed E-state index contributed by atoms with van der Waals surface area (Å²) in [5, 5.41) is 23.9. The number of hydrogen-bond acceptors (Lipinski definition) is 4. The van der Waals surface area contributed by atoms with Gasteiger partial charge in [-0.2, -0.15) is 19.1 Å². The van der Waals surface area contributed by atoms with Gasteiger partial charge < -0.3 is 9.84 Å². The van der Waals surface area contributed by atoms with Crippen molar-refractivity contribution < 1.29 is 18.6 Å². The smallest absolute Gasteiger partial charge is 0.322 e. The third-order valence-corrected chi connectivity index (χ3v) is 4.84. The Balaban J connectivity index is 2.09. The zero-order valence-electron chi connectivity index (χ0n) is 15.3. The number of hydrogen-bond donors (Lipinski definition) is 1. The van der Waals surface area contributed by atoms with Crippen molar-refractivity contribution in [2.45, 2.75) is 32.6 Å². The van der Waals surface area contributed by atoms with Gasteiger partial charge in [-0.15, -0.1) is 0 Å². The van der Waals surface area contributed by atoms with Crippen molar-refractivity contribution in [2.75, 3.05) is 6.61 Å². The zero-order chi connectivity index (χ0) is 20.5. The van der Waals surface area contributed by atoms with Crippen LogP contribution in [0.15, 0.2) is 36.4 Å². The quantitative estimate of drug-likeness (QED) is 0.618. The number of ether oxygens (including phenoxy) is 1. The number of aromatic nitrogens is 2. The Morgan fingerprint density at radius 2 is 2.11 bits per heavy atom. The summed E-state index contributed by atoms with van der Waals surface area (Å²) in [7, 11) is 0. The molecule has 1 atom stereocenters. The Bertz CT molecular complexity index is 1060. The average molecular weight is 406 g/mol. The van der Waals surface area contributed by atoms with Gasteiger partial charge in [0.1, 0.15) is 0 Å². The van der Waals surface area contributed by atoms with Gasteiger partial charge in [-0.25, -0.2) is 0 Å². The predicted molar refractivity (Wildman–Crippen MR) is 101 cm³/mol. The summed E-state index contributed by atoms with van der Waals surface area (Å²) in [5.74, 6) is -3.60. The Morgan fingerprint density at radius 1 is 1.36 bits per heavy atom. The van der Waals surface area contributed by atoms with Crippen LogP contribution in [0.5, 0.6) is 0 Å². The van der Waals surface area contributed by atoms with E-state index in [1.54, 1.807) is 12.1 Å². The molecule has 0 fully saturated rings. The van der Waals surface area contributed by atoms with Crippen molar-refractivity contribution in [2.24, 2.45) is 0 Å². The summed E-state index contributed by atoms with van der Waals surface area (Å²) in [6.45, 7) is 3.53. The molecule has 0 aliphatic heterocycles. The Kier molecular flexibility index (Phi) is 5.66. The number of aliphatic hydroxyl groups is 1. The molecule has 0 aliphatic carbocycles. The number of fused-ring (bicyclic) bond motifs is 1. The third kappa shape index (κ3) is 3.59. The second-order valence-electron chi connectivity index (χ2n) is 6.32. The minimum Gasteiger partial charge on any atom is -0.363 e. The standard InChI is InChI=1S/C20H18ClF2N3O2/c1-3-28-19(27)20(22,23)14-7-8-15-17(9-14)26(25-18(15)21)11-16-12(2)5-4-6-13(16)10-24/h4-9,19,27H,3,11H2,1-2H3. The molecule has 0 amide bonds. The molecule has 5 nitrogen and oxygen atoms in total. The number of alkyl halides is 2. The SMILES string of the molecule is CCOC(O)C(F)(F)c1ccc2c(Cl)nn(Cc3c(C)cccc3C#N)c2c1. The summed E-state index contributed by atoms with van der Waals surface area (Å²) in [6.07, 6.45) is -2.26. The molecule has 0 bridgehead atoms. The fourth-order valence-corrected chi connectivity index (χ4v) is 3.28. The first-order valence-corrected chi connectivity index (χ1v) is 9.00. The summed E-state index contributed by atoms with van der Waals surface area (Å²) >= 11 is 6.18. The molecule has 1 heterocycles. The van der Waals surface area contributed by atoms with Gasteiger partial charge in [0.25, 0.3) is 0 Å². The maximum Gasteiger partial charge on any atom is 0.322 e. The highest BCUT2D eigenvalue weighted by atomic mass is 35.5. The molecule has 3 rings (SSSR count). The van der Waals surface area contributed by atoms with Gasteiger partial charge in [-0.3, -0.25) is 4.68 Å². The van der Waals surface area contributed by atoms with Crippen LogP contribution in [0.25, 0.3) is 10.9 Å². The van der Waals surface area contributed by atoms with Gasteiger partial charge in [0, 0.05) is 17.6 Å². The predicted octanol–water partition coefficient (Wildman–Crippen LogP) is 4.36.